The van der Waals surface area contributed by atoms with Crippen LogP contribution in [0, 0.1) is 5.92 Å². The highest BCUT2D eigenvalue weighted by Gasteiger charge is 2.14. The Morgan fingerprint density at radius 3 is 2.55 bits per heavy atom. The van der Waals surface area contributed by atoms with Gasteiger partial charge in [-0.25, -0.2) is 0 Å². The minimum Gasteiger partial charge on any atom is -0.481 e. The van der Waals surface area contributed by atoms with Gasteiger partial charge in [-0.3, -0.25) is 9.59 Å². The van der Waals surface area contributed by atoms with E-state index in [0.717, 1.165) is 5.56 Å². The number of hydrogen-bond acceptors (Lipinski definition) is 3. The second kappa shape index (κ2) is 8.32. The quantitative estimate of drug-likeness (QED) is 0.622. The second-order valence-corrected chi connectivity index (χ2v) is 4.97. The smallest absolute Gasteiger partial charge is 0.306 e. The minimum absolute atomic E-state index is 0.197. The fraction of sp³-hybridized carbons (Fsp3) is 0.467. The standard InChI is InChI=1S/C15H22N2O3/c1-11(15(19)20)6-5-9-17-14(18)13(16)10-12-7-3-2-4-8-12/h2-4,7-8,11,13H,5-6,9-10,16H2,1H3,(H,17,18)(H,19,20)/t11?,13-/m0/s1. The topological polar surface area (TPSA) is 92.4 Å². The molecule has 5 nitrogen and oxygen atoms in total. The highest BCUT2D eigenvalue weighted by molar-refractivity contribution is 5.81. The number of rotatable bonds is 8. The summed E-state index contributed by atoms with van der Waals surface area (Å²) in [5.41, 5.74) is 6.86. The molecule has 20 heavy (non-hydrogen) atoms. The van der Waals surface area contributed by atoms with E-state index in [1.807, 2.05) is 30.3 Å². The molecule has 0 aliphatic rings. The summed E-state index contributed by atoms with van der Waals surface area (Å²) in [6.07, 6.45) is 1.68. The molecule has 0 saturated carbocycles. The first-order valence-corrected chi connectivity index (χ1v) is 6.80. The summed E-state index contributed by atoms with van der Waals surface area (Å²) >= 11 is 0. The van der Waals surface area contributed by atoms with E-state index in [1.165, 1.54) is 0 Å². The van der Waals surface area contributed by atoms with Crippen molar-refractivity contribution < 1.29 is 14.7 Å². The lowest BCUT2D eigenvalue weighted by Crippen LogP contribution is -2.42. The van der Waals surface area contributed by atoms with E-state index in [9.17, 15) is 9.59 Å². The van der Waals surface area contributed by atoms with Crippen LogP contribution in [-0.2, 0) is 16.0 Å². The zero-order valence-electron chi connectivity index (χ0n) is 11.7. The number of carboxylic acid groups (broad SMARTS) is 1. The summed E-state index contributed by atoms with van der Waals surface area (Å²) < 4.78 is 0. The molecule has 4 N–H and O–H groups in total. The molecule has 0 aliphatic heterocycles. The Morgan fingerprint density at radius 2 is 1.95 bits per heavy atom. The van der Waals surface area contributed by atoms with Gasteiger partial charge in [0, 0.05) is 6.54 Å². The fourth-order valence-corrected chi connectivity index (χ4v) is 1.84. The van der Waals surface area contributed by atoms with Crippen LogP contribution >= 0.6 is 0 Å². The molecule has 0 fully saturated rings. The lowest BCUT2D eigenvalue weighted by Gasteiger charge is -2.13. The Hall–Kier alpha value is -1.88. The number of carbonyl (C=O) groups is 2. The summed E-state index contributed by atoms with van der Waals surface area (Å²) in [7, 11) is 0. The van der Waals surface area contributed by atoms with Gasteiger partial charge >= 0.3 is 5.97 Å². The molecule has 5 heteroatoms. The number of hydrogen-bond donors (Lipinski definition) is 3. The summed E-state index contributed by atoms with van der Waals surface area (Å²) in [5.74, 6) is -1.39. The van der Waals surface area contributed by atoms with Crippen molar-refractivity contribution in [3.8, 4) is 0 Å². The van der Waals surface area contributed by atoms with Gasteiger partial charge in [-0.15, -0.1) is 0 Å². The van der Waals surface area contributed by atoms with Crippen molar-refractivity contribution in [2.75, 3.05) is 6.54 Å². The second-order valence-electron chi connectivity index (χ2n) is 4.97. The molecule has 0 aliphatic carbocycles. The third-order valence-corrected chi connectivity index (χ3v) is 3.17. The van der Waals surface area contributed by atoms with Crippen LogP contribution in [0.15, 0.2) is 30.3 Å². The number of nitrogens with one attached hydrogen (secondary N) is 1. The maximum Gasteiger partial charge on any atom is 0.306 e. The van der Waals surface area contributed by atoms with Crippen molar-refractivity contribution in [1.29, 1.82) is 0 Å². The van der Waals surface area contributed by atoms with E-state index in [2.05, 4.69) is 5.32 Å². The normalized spacial score (nSPS) is 13.5. The van der Waals surface area contributed by atoms with Crippen LogP contribution in [0.2, 0.25) is 0 Å². The van der Waals surface area contributed by atoms with Crippen molar-refractivity contribution in [1.82, 2.24) is 5.32 Å². The van der Waals surface area contributed by atoms with Gasteiger partial charge in [0.05, 0.1) is 12.0 Å². The monoisotopic (exact) mass is 278 g/mol. The summed E-state index contributed by atoms with van der Waals surface area (Å²) in [6.45, 7) is 2.12. The van der Waals surface area contributed by atoms with Crippen LogP contribution in [0.5, 0.6) is 0 Å². The van der Waals surface area contributed by atoms with Gasteiger partial charge in [0.1, 0.15) is 0 Å². The zero-order chi connectivity index (χ0) is 15.0. The van der Waals surface area contributed by atoms with E-state index in [-0.39, 0.29) is 11.8 Å². The van der Waals surface area contributed by atoms with E-state index in [1.54, 1.807) is 6.92 Å². The highest BCUT2D eigenvalue weighted by atomic mass is 16.4. The van der Waals surface area contributed by atoms with Crippen LogP contribution in [-0.4, -0.2) is 29.6 Å². The molecule has 0 saturated heterocycles. The summed E-state index contributed by atoms with van der Waals surface area (Å²) in [5, 5.41) is 11.5. The van der Waals surface area contributed by atoms with Crippen LogP contribution < -0.4 is 11.1 Å². The van der Waals surface area contributed by atoms with Crippen LogP contribution in [0.3, 0.4) is 0 Å². The molecule has 110 valence electrons. The molecule has 0 bridgehead atoms. The average molecular weight is 278 g/mol. The minimum atomic E-state index is -0.808. The predicted molar refractivity (Wildman–Crippen MR) is 77.2 cm³/mol. The fourth-order valence-electron chi connectivity index (χ4n) is 1.84. The van der Waals surface area contributed by atoms with E-state index in [0.29, 0.717) is 25.8 Å². The Bertz CT molecular complexity index is 434. The molecule has 0 radical (unpaired) electrons. The first-order chi connectivity index (χ1) is 9.50. The molecular weight excluding hydrogens is 256 g/mol. The summed E-state index contributed by atoms with van der Waals surface area (Å²) in [6, 6.07) is 9.03. The van der Waals surface area contributed by atoms with Gasteiger partial charge in [-0.05, 0) is 24.8 Å². The predicted octanol–water partition coefficient (Wildman–Crippen LogP) is 1.17. The van der Waals surface area contributed by atoms with Gasteiger partial charge < -0.3 is 16.2 Å². The Labute approximate surface area is 119 Å². The molecule has 0 aromatic heterocycles. The third-order valence-electron chi connectivity index (χ3n) is 3.17. The molecule has 1 aromatic rings. The Morgan fingerprint density at radius 1 is 1.30 bits per heavy atom. The lowest BCUT2D eigenvalue weighted by atomic mass is 10.1. The van der Waals surface area contributed by atoms with Crippen molar-refractivity contribution in [2.45, 2.75) is 32.2 Å². The van der Waals surface area contributed by atoms with Crippen LogP contribution in [0.1, 0.15) is 25.3 Å². The number of amides is 1. The average Bonchev–Trinajstić information content (AvgIpc) is 2.43. The molecular formula is C15H22N2O3. The van der Waals surface area contributed by atoms with Crippen molar-refractivity contribution >= 4 is 11.9 Å². The van der Waals surface area contributed by atoms with E-state index < -0.39 is 12.0 Å². The number of aliphatic carboxylic acids is 1. The van der Waals surface area contributed by atoms with E-state index >= 15 is 0 Å². The molecule has 1 aromatic carbocycles. The maximum atomic E-state index is 11.8. The van der Waals surface area contributed by atoms with Crippen molar-refractivity contribution in [3.63, 3.8) is 0 Å². The SMILES string of the molecule is CC(CCCNC(=O)[C@@H](N)Cc1ccccc1)C(=O)O. The Balaban J connectivity index is 2.24. The number of carbonyl (C=O) groups excluding carboxylic acids is 1. The first-order valence-electron chi connectivity index (χ1n) is 6.80. The van der Waals surface area contributed by atoms with Crippen LogP contribution in [0.25, 0.3) is 0 Å². The van der Waals surface area contributed by atoms with Gasteiger partial charge in [0.2, 0.25) is 5.91 Å². The van der Waals surface area contributed by atoms with Gasteiger partial charge in [-0.2, -0.15) is 0 Å². The number of benzene rings is 1. The zero-order valence-corrected chi connectivity index (χ0v) is 11.7. The number of nitrogens with two attached hydrogens (primary N) is 1. The molecule has 0 heterocycles. The lowest BCUT2D eigenvalue weighted by molar-refractivity contribution is -0.141. The largest absolute Gasteiger partial charge is 0.481 e. The molecule has 1 rings (SSSR count). The maximum absolute atomic E-state index is 11.8. The Kier molecular flexibility index (Phi) is 6.73. The molecule has 1 unspecified atom stereocenters. The van der Waals surface area contributed by atoms with Crippen LogP contribution in [0.4, 0.5) is 0 Å². The number of carboxylic acids is 1. The van der Waals surface area contributed by atoms with Crippen molar-refractivity contribution in [3.05, 3.63) is 35.9 Å². The third kappa shape index (κ3) is 5.84. The van der Waals surface area contributed by atoms with Gasteiger partial charge in [-0.1, -0.05) is 37.3 Å². The van der Waals surface area contributed by atoms with E-state index in [4.69, 9.17) is 10.8 Å². The molecule has 2 atom stereocenters. The van der Waals surface area contributed by atoms with Gasteiger partial charge in [0.15, 0.2) is 0 Å². The first kappa shape index (κ1) is 16.2. The highest BCUT2D eigenvalue weighted by Crippen LogP contribution is 2.05. The molecule has 0 spiro atoms. The van der Waals surface area contributed by atoms with Gasteiger partial charge in [0.25, 0.3) is 0 Å². The molecule has 1 amide bonds. The summed E-state index contributed by atoms with van der Waals surface area (Å²) in [4.78, 5) is 22.4. The van der Waals surface area contributed by atoms with Crippen molar-refractivity contribution in [2.24, 2.45) is 11.7 Å².